The van der Waals surface area contributed by atoms with Crippen molar-refractivity contribution < 1.29 is 4.39 Å². The summed E-state index contributed by atoms with van der Waals surface area (Å²) in [5.41, 5.74) is 1.30. The molecular weight excluding hydrogens is 117 g/mol. The summed E-state index contributed by atoms with van der Waals surface area (Å²) in [5.74, 6) is 0. The molecule has 0 saturated heterocycles. The van der Waals surface area contributed by atoms with E-state index in [2.05, 4.69) is 11.4 Å². The van der Waals surface area contributed by atoms with Crippen molar-refractivity contribution in [1.29, 1.82) is 0 Å². The fourth-order valence-corrected chi connectivity index (χ4v) is 1.05. The van der Waals surface area contributed by atoms with Gasteiger partial charge in [-0.1, -0.05) is 11.6 Å². The first-order valence-corrected chi connectivity index (χ1v) is 3.28. The lowest BCUT2D eigenvalue weighted by atomic mass is 10.1. The molecule has 1 aliphatic heterocycles. The normalized spacial score (nSPS) is 27.8. The number of alkyl halides is 1. The second-order valence-corrected chi connectivity index (χ2v) is 2.51. The Morgan fingerprint density at radius 2 is 2.67 bits per heavy atom. The summed E-state index contributed by atoms with van der Waals surface area (Å²) < 4.78 is 12.0. The third-order valence-electron chi connectivity index (χ3n) is 1.61. The molecule has 0 aromatic heterocycles. The average molecular weight is 129 g/mol. The van der Waals surface area contributed by atoms with Crippen LogP contribution < -0.4 is 5.32 Å². The van der Waals surface area contributed by atoms with Gasteiger partial charge in [0.25, 0.3) is 0 Å². The maximum absolute atomic E-state index is 12.0. The molecule has 0 spiro atoms. The molecule has 0 radical (unpaired) electrons. The summed E-state index contributed by atoms with van der Waals surface area (Å²) in [6.45, 7) is 2.63. The Bertz CT molecular complexity index is 120. The van der Waals surface area contributed by atoms with Crippen molar-refractivity contribution >= 4 is 0 Å². The van der Waals surface area contributed by atoms with Crippen LogP contribution in [0.3, 0.4) is 0 Å². The Morgan fingerprint density at radius 3 is 3.11 bits per heavy atom. The second kappa shape index (κ2) is 2.97. The van der Waals surface area contributed by atoms with E-state index in [0.29, 0.717) is 0 Å². The van der Waals surface area contributed by atoms with Crippen molar-refractivity contribution in [3.05, 3.63) is 11.6 Å². The van der Waals surface area contributed by atoms with Crippen LogP contribution in [0.15, 0.2) is 11.6 Å². The van der Waals surface area contributed by atoms with Gasteiger partial charge in [-0.2, -0.15) is 0 Å². The molecule has 0 unspecified atom stereocenters. The summed E-state index contributed by atoms with van der Waals surface area (Å²) in [6, 6.07) is 0.0787. The van der Waals surface area contributed by atoms with Crippen molar-refractivity contribution in [1.82, 2.24) is 5.32 Å². The third-order valence-corrected chi connectivity index (χ3v) is 1.61. The van der Waals surface area contributed by atoms with Gasteiger partial charge < -0.3 is 5.32 Å². The Balaban J connectivity index is 2.39. The van der Waals surface area contributed by atoms with Crippen molar-refractivity contribution in [2.75, 3.05) is 13.2 Å². The van der Waals surface area contributed by atoms with E-state index in [9.17, 15) is 4.39 Å². The topological polar surface area (TPSA) is 12.0 Å². The number of nitrogens with one attached hydrogen (secondary N) is 1. The summed E-state index contributed by atoms with van der Waals surface area (Å²) in [7, 11) is 0. The number of rotatable bonds is 1. The second-order valence-electron chi connectivity index (χ2n) is 2.51. The van der Waals surface area contributed by atoms with Gasteiger partial charge in [0.05, 0.1) is 0 Å². The van der Waals surface area contributed by atoms with Gasteiger partial charge in [0.2, 0.25) is 0 Å². The molecule has 9 heavy (non-hydrogen) atoms. The molecule has 1 nitrogen and oxygen atoms in total. The van der Waals surface area contributed by atoms with Crippen molar-refractivity contribution in [3.8, 4) is 0 Å². The Hall–Kier alpha value is -0.370. The highest BCUT2D eigenvalue weighted by Crippen LogP contribution is 2.08. The molecule has 0 bridgehead atoms. The molecule has 0 fully saturated rings. The lowest BCUT2D eigenvalue weighted by molar-refractivity contribution is 0.373. The van der Waals surface area contributed by atoms with Crippen LogP contribution in [0.1, 0.15) is 13.3 Å². The average Bonchev–Trinajstić information content (AvgIpc) is 1.88. The Labute approximate surface area is 54.9 Å². The van der Waals surface area contributed by atoms with Gasteiger partial charge in [-0.15, -0.1) is 0 Å². The number of halogens is 1. The Kier molecular flexibility index (Phi) is 2.22. The highest BCUT2D eigenvalue weighted by Gasteiger charge is 2.10. The zero-order valence-electron chi connectivity index (χ0n) is 5.65. The summed E-state index contributed by atoms with van der Waals surface area (Å²) >= 11 is 0. The monoisotopic (exact) mass is 129 g/mol. The largest absolute Gasteiger partial charge is 0.308 e. The van der Waals surface area contributed by atoms with Crippen LogP contribution in [0.4, 0.5) is 4.39 Å². The van der Waals surface area contributed by atoms with Crippen LogP contribution in [0.2, 0.25) is 0 Å². The molecule has 52 valence electrons. The first-order valence-electron chi connectivity index (χ1n) is 3.28. The molecule has 0 amide bonds. The first-order chi connectivity index (χ1) is 4.33. The molecule has 0 aromatic carbocycles. The van der Waals surface area contributed by atoms with E-state index in [0.717, 1.165) is 13.0 Å². The minimum atomic E-state index is -0.245. The van der Waals surface area contributed by atoms with Crippen molar-refractivity contribution in [2.45, 2.75) is 19.4 Å². The molecule has 1 atom stereocenters. The maximum Gasteiger partial charge on any atom is 0.105 e. The quantitative estimate of drug-likeness (QED) is 0.526. The smallest absolute Gasteiger partial charge is 0.105 e. The predicted molar refractivity (Wildman–Crippen MR) is 36.1 cm³/mol. The minimum Gasteiger partial charge on any atom is -0.308 e. The molecule has 1 N–H and O–H groups in total. The number of hydrogen-bond donors (Lipinski definition) is 1. The van der Waals surface area contributed by atoms with Gasteiger partial charge >= 0.3 is 0 Å². The molecule has 0 aromatic rings. The molecule has 0 aliphatic carbocycles. The van der Waals surface area contributed by atoms with E-state index in [-0.39, 0.29) is 12.7 Å². The van der Waals surface area contributed by atoms with Gasteiger partial charge in [-0.25, -0.2) is 4.39 Å². The van der Waals surface area contributed by atoms with Gasteiger partial charge in [0.15, 0.2) is 0 Å². The molecule has 0 saturated carbocycles. The van der Waals surface area contributed by atoms with Crippen LogP contribution in [0, 0.1) is 0 Å². The molecular formula is C7H12FN. The van der Waals surface area contributed by atoms with Crippen LogP contribution in [-0.2, 0) is 0 Å². The summed E-state index contributed by atoms with van der Waals surface area (Å²) in [5, 5.41) is 3.05. The van der Waals surface area contributed by atoms with E-state index in [4.69, 9.17) is 0 Å². The van der Waals surface area contributed by atoms with E-state index in [1.807, 2.05) is 6.92 Å². The van der Waals surface area contributed by atoms with E-state index in [1.54, 1.807) is 0 Å². The van der Waals surface area contributed by atoms with Crippen LogP contribution in [0.5, 0.6) is 0 Å². The fourth-order valence-electron chi connectivity index (χ4n) is 1.05. The van der Waals surface area contributed by atoms with Crippen LogP contribution in [0.25, 0.3) is 0 Å². The molecule has 2 heteroatoms. The third kappa shape index (κ3) is 1.79. The predicted octanol–water partition coefficient (Wildman–Crippen LogP) is 1.26. The zero-order chi connectivity index (χ0) is 6.69. The van der Waals surface area contributed by atoms with E-state index < -0.39 is 0 Å². The lowest BCUT2D eigenvalue weighted by Gasteiger charge is -2.19. The standard InChI is InChI=1S/C7H12FN/c1-6-2-3-9-7(4-6)5-8/h2,7,9H,3-5H2,1H3/t7-/m0/s1. The molecule has 1 aliphatic rings. The fraction of sp³-hybridized carbons (Fsp3) is 0.714. The van der Waals surface area contributed by atoms with E-state index in [1.165, 1.54) is 5.57 Å². The maximum atomic E-state index is 12.0. The van der Waals surface area contributed by atoms with Crippen molar-refractivity contribution in [3.63, 3.8) is 0 Å². The summed E-state index contributed by atoms with van der Waals surface area (Å²) in [6.07, 6.45) is 2.97. The molecule has 1 rings (SSSR count). The minimum absolute atomic E-state index is 0.0787. The lowest BCUT2D eigenvalue weighted by Crippen LogP contribution is -2.34. The number of hydrogen-bond acceptors (Lipinski definition) is 1. The summed E-state index contributed by atoms with van der Waals surface area (Å²) in [4.78, 5) is 0. The van der Waals surface area contributed by atoms with Gasteiger partial charge in [0, 0.05) is 12.6 Å². The highest BCUT2D eigenvalue weighted by molar-refractivity contribution is 5.06. The van der Waals surface area contributed by atoms with Gasteiger partial charge in [-0.3, -0.25) is 0 Å². The highest BCUT2D eigenvalue weighted by atomic mass is 19.1. The van der Waals surface area contributed by atoms with Gasteiger partial charge in [-0.05, 0) is 13.3 Å². The van der Waals surface area contributed by atoms with Gasteiger partial charge in [0.1, 0.15) is 6.67 Å². The van der Waals surface area contributed by atoms with Crippen LogP contribution in [-0.4, -0.2) is 19.3 Å². The zero-order valence-corrected chi connectivity index (χ0v) is 5.65. The Morgan fingerprint density at radius 1 is 1.89 bits per heavy atom. The SMILES string of the molecule is CC1=CCN[C@H](CF)C1. The van der Waals surface area contributed by atoms with Crippen molar-refractivity contribution in [2.24, 2.45) is 0 Å². The molecule has 1 heterocycles. The van der Waals surface area contributed by atoms with Crippen LogP contribution >= 0.6 is 0 Å². The van der Waals surface area contributed by atoms with E-state index >= 15 is 0 Å². The first kappa shape index (κ1) is 6.75.